The number of ether oxygens (including phenoxy) is 1. The highest BCUT2D eigenvalue weighted by atomic mass is 16.5. The van der Waals surface area contributed by atoms with E-state index in [0.717, 1.165) is 12.8 Å². The number of anilines is 1. The number of benzene rings is 1. The molecule has 7 nitrogen and oxygen atoms in total. The summed E-state index contributed by atoms with van der Waals surface area (Å²) in [6.45, 7) is 1.87. The number of carbonyl (C=O) groups is 3. The topological polar surface area (TPSA) is 88.9 Å². The molecule has 0 aliphatic heterocycles. The van der Waals surface area contributed by atoms with Gasteiger partial charge in [-0.1, -0.05) is 6.07 Å². The second-order valence-corrected chi connectivity index (χ2v) is 6.68. The fraction of sp³-hybridized carbons (Fsp3) is 0.350. The van der Waals surface area contributed by atoms with Crippen molar-refractivity contribution < 1.29 is 23.5 Å². The van der Waals surface area contributed by atoms with Gasteiger partial charge in [-0.3, -0.25) is 9.59 Å². The molecule has 7 heteroatoms. The molecule has 27 heavy (non-hydrogen) atoms. The van der Waals surface area contributed by atoms with Crippen molar-refractivity contribution in [3.63, 3.8) is 0 Å². The SMILES string of the molecule is COC(=O)c1cc(CN(C)C(=O)c2cccc(NC(=O)C3CC3)c2)oc1C. The van der Waals surface area contributed by atoms with Crippen LogP contribution in [0.1, 0.15) is 45.1 Å². The van der Waals surface area contributed by atoms with Crippen LogP contribution in [-0.4, -0.2) is 36.8 Å². The van der Waals surface area contributed by atoms with E-state index in [-0.39, 0.29) is 24.3 Å². The molecular formula is C20H22N2O5. The number of hydrogen-bond donors (Lipinski definition) is 1. The number of hydrogen-bond acceptors (Lipinski definition) is 5. The number of rotatable bonds is 6. The van der Waals surface area contributed by atoms with Gasteiger partial charge in [0.15, 0.2) is 0 Å². The van der Waals surface area contributed by atoms with E-state index in [9.17, 15) is 14.4 Å². The van der Waals surface area contributed by atoms with Crippen LogP contribution in [0.5, 0.6) is 0 Å². The molecule has 2 aromatic rings. The van der Waals surface area contributed by atoms with E-state index in [2.05, 4.69) is 5.32 Å². The Kier molecular flexibility index (Phi) is 5.30. The molecule has 0 bridgehead atoms. The normalized spacial score (nSPS) is 13.1. The predicted molar refractivity (Wildman–Crippen MR) is 98.4 cm³/mol. The highest BCUT2D eigenvalue weighted by Gasteiger charge is 2.29. The lowest BCUT2D eigenvalue weighted by Gasteiger charge is -2.16. The highest BCUT2D eigenvalue weighted by Crippen LogP contribution is 2.30. The van der Waals surface area contributed by atoms with E-state index in [1.165, 1.54) is 12.0 Å². The van der Waals surface area contributed by atoms with Gasteiger partial charge >= 0.3 is 5.97 Å². The number of nitrogens with one attached hydrogen (secondary N) is 1. The zero-order valence-electron chi connectivity index (χ0n) is 15.6. The fourth-order valence-electron chi connectivity index (χ4n) is 2.78. The van der Waals surface area contributed by atoms with Gasteiger partial charge in [-0.2, -0.15) is 0 Å². The smallest absolute Gasteiger partial charge is 0.341 e. The first-order valence-electron chi connectivity index (χ1n) is 8.73. The van der Waals surface area contributed by atoms with Crippen molar-refractivity contribution in [1.29, 1.82) is 0 Å². The van der Waals surface area contributed by atoms with Crippen LogP contribution in [0.15, 0.2) is 34.7 Å². The van der Waals surface area contributed by atoms with E-state index in [1.807, 2.05) is 0 Å². The lowest BCUT2D eigenvalue weighted by Crippen LogP contribution is -2.26. The van der Waals surface area contributed by atoms with Crippen LogP contribution in [0.25, 0.3) is 0 Å². The average Bonchev–Trinajstić information content (AvgIpc) is 3.44. The van der Waals surface area contributed by atoms with Crippen molar-refractivity contribution in [1.82, 2.24) is 4.90 Å². The Balaban J connectivity index is 1.68. The van der Waals surface area contributed by atoms with Gasteiger partial charge in [0.1, 0.15) is 17.1 Å². The molecular weight excluding hydrogens is 348 g/mol. The summed E-state index contributed by atoms with van der Waals surface area (Å²) in [5.74, 6) is 0.332. The molecule has 1 fully saturated rings. The van der Waals surface area contributed by atoms with Gasteiger partial charge in [-0.05, 0) is 44.0 Å². The molecule has 142 valence electrons. The van der Waals surface area contributed by atoms with Crippen molar-refractivity contribution in [2.45, 2.75) is 26.3 Å². The highest BCUT2D eigenvalue weighted by molar-refractivity contribution is 5.98. The van der Waals surface area contributed by atoms with Crippen LogP contribution < -0.4 is 5.32 Å². The predicted octanol–water partition coefficient (Wildman–Crippen LogP) is 3.00. The van der Waals surface area contributed by atoms with Crippen molar-refractivity contribution in [3.05, 3.63) is 53.0 Å². The van der Waals surface area contributed by atoms with Crippen LogP contribution in [0.2, 0.25) is 0 Å². The first-order valence-corrected chi connectivity index (χ1v) is 8.73. The molecule has 1 saturated carbocycles. The number of esters is 1. The Labute approximate surface area is 157 Å². The first kappa shape index (κ1) is 18.7. The third-order valence-corrected chi connectivity index (χ3v) is 4.44. The minimum absolute atomic E-state index is 0.00523. The summed E-state index contributed by atoms with van der Waals surface area (Å²) in [5, 5.41) is 2.84. The molecule has 0 atom stereocenters. The molecule has 0 spiro atoms. The monoisotopic (exact) mass is 370 g/mol. The van der Waals surface area contributed by atoms with Gasteiger partial charge < -0.3 is 19.4 Å². The first-order chi connectivity index (χ1) is 12.9. The minimum Gasteiger partial charge on any atom is -0.465 e. The van der Waals surface area contributed by atoms with Crippen molar-refractivity contribution in [2.24, 2.45) is 5.92 Å². The maximum atomic E-state index is 12.7. The summed E-state index contributed by atoms with van der Waals surface area (Å²) in [7, 11) is 2.95. The third kappa shape index (κ3) is 4.36. The molecule has 3 rings (SSSR count). The zero-order chi connectivity index (χ0) is 19.6. The molecule has 1 N–H and O–H groups in total. The Morgan fingerprint density at radius 1 is 1.26 bits per heavy atom. The zero-order valence-corrected chi connectivity index (χ0v) is 15.6. The van der Waals surface area contributed by atoms with Gasteiger partial charge in [0, 0.05) is 24.2 Å². The number of carbonyl (C=O) groups excluding carboxylic acids is 3. The summed E-state index contributed by atoms with van der Waals surface area (Å²) >= 11 is 0. The Morgan fingerprint density at radius 2 is 2.00 bits per heavy atom. The molecule has 1 aromatic heterocycles. The van der Waals surface area contributed by atoms with Gasteiger partial charge in [0.2, 0.25) is 5.91 Å². The number of nitrogens with zero attached hydrogens (tertiary/aromatic N) is 1. The van der Waals surface area contributed by atoms with Crippen LogP contribution in [0.3, 0.4) is 0 Å². The summed E-state index contributed by atoms with van der Waals surface area (Å²) in [6.07, 6.45) is 1.84. The largest absolute Gasteiger partial charge is 0.465 e. The lowest BCUT2D eigenvalue weighted by molar-refractivity contribution is -0.117. The van der Waals surface area contributed by atoms with Gasteiger partial charge in [-0.15, -0.1) is 0 Å². The van der Waals surface area contributed by atoms with Gasteiger partial charge in [0.25, 0.3) is 5.91 Å². The minimum atomic E-state index is -0.476. The maximum Gasteiger partial charge on any atom is 0.341 e. The molecule has 2 amide bonds. The number of furan rings is 1. The summed E-state index contributed by atoms with van der Waals surface area (Å²) in [4.78, 5) is 37.7. The van der Waals surface area contributed by atoms with Crippen LogP contribution in [0.4, 0.5) is 5.69 Å². The number of methoxy groups -OCH3 is 1. The maximum absolute atomic E-state index is 12.7. The molecule has 0 saturated heterocycles. The Morgan fingerprint density at radius 3 is 2.67 bits per heavy atom. The summed E-state index contributed by atoms with van der Waals surface area (Å²) < 4.78 is 10.3. The van der Waals surface area contributed by atoms with E-state index in [0.29, 0.717) is 28.3 Å². The number of aryl methyl sites for hydroxylation is 1. The van der Waals surface area contributed by atoms with Crippen molar-refractivity contribution in [3.8, 4) is 0 Å². The standard InChI is InChI=1S/C20H22N2O5/c1-12-17(20(25)26-3)10-16(27-12)11-22(2)19(24)14-5-4-6-15(9-14)21-18(23)13-7-8-13/h4-6,9-10,13H,7-8,11H2,1-3H3,(H,21,23). The van der Waals surface area contributed by atoms with Crippen LogP contribution >= 0.6 is 0 Å². The van der Waals surface area contributed by atoms with E-state index in [1.54, 1.807) is 44.3 Å². The van der Waals surface area contributed by atoms with Crippen molar-refractivity contribution >= 4 is 23.5 Å². The Bertz CT molecular complexity index is 882. The molecule has 0 unspecified atom stereocenters. The van der Waals surface area contributed by atoms with E-state index in [4.69, 9.17) is 9.15 Å². The molecule has 1 aliphatic carbocycles. The van der Waals surface area contributed by atoms with Gasteiger partial charge in [0.05, 0.1) is 13.7 Å². The Hall–Kier alpha value is -3.09. The molecule has 1 aliphatic rings. The van der Waals surface area contributed by atoms with E-state index >= 15 is 0 Å². The molecule has 0 radical (unpaired) electrons. The van der Waals surface area contributed by atoms with E-state index < -0.39 is 5.97 Å². The fourth-order valence-corrected chi connectivity index (χ4v) is 2.78. The van der Waals surface area contributed by atoms with Gasteiger partial charge in [-0.25, -0.2) is 4.79 Å². The average molecular weight is 370 g/mol. The summed E-state index contributed by atoms with van der Waals surface area (Å²) in [6, 6.07) is 8.42. The van der Waals surface area contributed by atoms with Crippen molar-refractivity contribution in [2.75, 3.05) is 19.5 Å². The van der Waals surface area contributed by atoms with Crippen LogP contribution in [0, 0.1) is 12.8 Å². The third-order valence-electron chi connectivity index (χ3n) is 4.44. The lowest BCUT2D eigenvalue weighted by atomic mass is 10.1. The molecule has 1 aromatic carbocycles. The summed E-state index contributed by atoms with van der Waals surface area (Å²) in [5.41, 5.74) is 1.41. The van der Waals surface area contributed by atoms with Crippen LogP contribution in [-0.2, 0) is 16.1 Å². The second-order valence-electron chi connectivity index (χ2n) is 6.68. The second kappa shape index (κ2) is 7.65. The molecule has 1 heterocycles. The number of amides is 2. The quantitative estimate of drug-likeness (QED) is 0.790.